The van der Waals surface area contributed by atoms with Crippen LogP contribution in [0.2, 0.25) is 5.15 Å². The number of aromatic nitrogens is 2. The highest BCUT2D eigenvalue weighted by Gasteiger charge is 2.20. The topological polar surface area (TPSA) is 35.0 Å². The first-order valence-electron chi connectivity index (χ1n) is 5.93. The second kappa shape index (κ2) is 4.25. The Kier molecular flexibility index (Phi) is 2.71. The van der Waals surface area contributed by atoms with Crippen LogP contribution in [0.1, 0.15) is 16.7 Å². The molecule has 0 saturated carbocycles. The molecule has 3 rings (SSSR count). The molecule has 0 radical (unpaired) electrons. The molecule has 0 N–H and O–H groups in total. The van der Waals surface area contributed by atoms with E-state index in [2.05, 4.69) is 16.3 Å². The van der Waals surface area contributed by atoms with Crippen molar-refractivity contribution in [3.05, 3.63) is 40.0 Å². The van der Waals surface area contributed by atoms with Crippen LogP contribution in [0.4, 0.5) is 0 Å². The highest BCUT2D eigenvalue weighted by molar-refractivity contribution is 6.30. The molecule has 92 valence electrons. The Bertz CT molecular complexity index is 625. The smallest absolute Gasteiger partial charge is 0.154 e. The number of hydrogen-bond acceptors (Lipinski definition) is 3. The molecule has 1 aromatic heterocycles. The monoisotopic (exact) mass is 260 g/mol. The number of para-hydroxylation sites is 1. The predicted molar refractivity (Wildman–Crippen MR) is 71.2 cm³/mol. The molecule has 1 aromatic carbocycles. The van der Waals surface area contributed by atoms with E-state index in [1.807, 2.05) is 26.0 Å². The first kappa shape index (κ1) is 11.5. The highest BCUT2D eigenvalue weighted by Crippen LogP contribution is 2.37. The largest absolute Gasteiger partial charge is 0.492 e. The molecule has 0 aliphatic carbocycles. The first-order chi connectivity index (χ1) is 8.68. The quantitative estimate of drug-likeness (QED) is 0.789. The van der Waals surface area contributed by atoms with Gasteiger partial charge in [0, 0.05) is 12.0 Å². The summed E-state index contributed by atoms with van der Waals surface area (Å²) in [5.74, 6) is 0.941. The summed E-state index contributed by atoms with van der Waals surface area (Å²) in [5.41, 5.74) is 5.13. The van der Waals surface area contributed by atoms with Crippen LogP contribution in [0.3, 0.4) is 0 Å². The van der Waals surface area contributed by atoms with E-state index in [-0.39, 0.29) is 0 Å². The van der Waals surface area contributed by atoms with Crippen molar-refractivity contribution in [3.63, 3.8) is 0 Å². The second-order valence-electron chi connectivity index (χ2n) is 4.48. The number of benzene rings is 1. The third-order valence-electron chi connectivity index (χ3n) is 3.43. The van der Waals surface area contributed by atoms with Crippen LogP contribution in [0, 0.1) is 13.8 Å². The molecule has 18 heavy (non-hydrogen) atoms. The van der Waals surface area contributed by atoms with Gasteiger partial charge in [0.05, 0.1) is 12.3 Å². The van der Waals surface area contributed by atoms with E-state index in [9.17, 15) is 0 Å². The van der Waals surface area contributed by atoms with Gasteiger partial charge in [-0.1, -0.05) is 23.7 Å². The Balaban J connectivity index is 2.23. The number of nitrogens with zero attached hydrogens (tertiary/aromatic N) is 2. The molecule has 2 heterocycles. The van der Waals surface area contributed by atoms with Crippen LogP contribution in [-0.2, 0) is 6.42 Å². The Morgan fingerprint density at radius 3 is 2.83 bits per heavy atom. The molecule has 0 atom stereocenters. The third-order valence-corrected chi connectivity index (χ3v) is 3.79. The van der Waals surface area contributed by atoms with Gasteiger partial charge in [-0.25, -0.2) is 0 Å². The molecule has 4 heteroatoms. The fraction of sp³-hybridized carbons (Fsp3) is 0.286. The summed E-state index contributed by atoms with van der Waals surface area (Å²) in [5, 5.41) is 8.69. The van der Waals surface area contributed by atoms with Crippen LogP contribution >= 0.6 is 11.6 Å². The van der Waals surface area contributed by atoms with Crippen molar-refractivity contribution in [1.29, 1.82) is 0 Å². The summed E-state index contributed by atoms with van der Waals surface area (Å²) in [6.45, 7) is 4.71. The Labute approximate surface area is 111 Å². The van der Waals surface area contributed by atoms with Crippen LogP contribution in [0.15, 0.2) is 18.2 Å². The number of fused-ring (bicyclic) bond motifs is 1. The molecule has 0 fully saturated rings. The van der Waals surface area contributed by atoms with Crippen molar-refractivity contribution in [3.8, 4) is 17.0 Å². The van der Waals surface area contributed by atoms with Gasteiger partial charge >= 0.3 is 0 Å². The lowest BCUT2D eigenvalue weighted by molar-refractivity contribution is 0.358. The average molecular weight is 261 g/mol. The van der Waals surface area contributed by atoms with Gasteiger partial charge in [0.25, 0.3) is 0 Å². The summed E-state index contributed by atoms with van der Waals surface area (Å²) in [6, 6.07) is 6.15. The van der Waals surface area contributed by atoms with Gasteiger partial charge in [0.1, 0.15) is 5.75 Å². The SMILES string of the molecule is Cc1c(Cl)nnc(-c2cccc3c2OCC3)c1C. The summed E-state index contributed by atoms with van der Waals surface area (Å²) in [6.07, 6.45) is 0.961. The highest BCUT2D eigenvalue weighted by atomic mass is 35.5. The molecule has 0 spiro atoms. The molecule has 1 aliphatic rings. The van der Waals surface area contributed by atoms with E-state index < -0.39 is 0 Å². The zero-order chi connectivity index (χ0) is 12.7. The van der Waals surface area contributed by atoms with Gasteiger partial charge in [0.15, 0.2) is 5.15 Å². The first-order valence-corrected chi connectivity index (χ1v) is 6.30. The zero-order valence-corrected chi connectivity index (χ0v) is 11.1. The standard InChI is InChI=1S/C14H13ClN2O/c1-8-9(2)14(15)17-16-12(8)11-5-3-4-10-6-7-18-13(10)11/h3-5H,6-7H2,1-2H3. The van der Waals surface area contributed by atoms with Crippen LogP contribution in [-0.4, -0.2) is 16.8 Å². The molecular weight excluding hydrogens is 248 g/mol. The lowest BCUT2D eigenvalue weighted by atomic mass is 10.0. The number of ether oxygens (including phenoxy) is 1. The fourth-order valence-electron chi connectivity index (χ4n) is 2.23. The van der Waals surface area contributed by atoms with Crippen molar-refractivity contribution in [1.82, 2.24) is 10.2 Å². The molecule has 0 bridgehead atoms. The average Bonchev–Trinajstić information content (AvgIpc) is 2.84. The molecule has 2 aromatic rings. The number of halogens is 1. The molecule has 1 aliphatic heterocycles. The third kappa shape index (κ3) is 1.66. The van der Waals surface area contributed by atoms with E-state index in [4.69, 9.17) is 16.3 Å². The molecule has 3 nitrogen and oxygen atoms in total. The van der Waals surface area contributed by atoms with Gasteiger partial charge < -0.3 is 4.74 Å². The van der Waals surface area contributed by atoms with Crippen LogP contribution < -0.4 is 4.74 Å². The molecule has 0 saturated heterocycles. The zero-order valence-electron chi connectivity index (χ0n) is 10.3. The predicted octanol–water partition coefficient (Wildman–Crippen LogP) is 3.35. The Hall–Kier alpha value is -1.61. The minimum Gasteiger partial charge on any atom is -0.492 e. The van der Waals surface area contributed by atoms with E-state index in [1.54, 1.807) is 0 Å². The minimum absolute atomic E-state index is 0.463. The number of rotatable bonds is 1. The van der Waals surface area contributed by atoms with E-state index in [1.165, 1.54) is 5.56 Å². The minimum atomic E-state index is 0.463. The maximum atomic E-state index is 5.99. The van der Waals surface area contributed by atoms with Crippen molar-refractivity contribution >= 4 is 11.6 Å². The lowest BCUT2D eigenvalue weighted by Crippen LogP contribution is -1.98. The summed E-state index contributed by atoms with van der Waals surface area (Å²) in [4.78, 5) is 0. The summed E-state index contributed by atoms with van der Waals surface area (Å²) >= 11 is 5.99. The van der Waals surface area contributed by atoms with Gasteiger partial charge in [0.2, 0.25) is 0 Å². The van der Waals surface area contributed by atoms with Crippen molar-refractivity contribution in [2.75, 3.05) is 6.61 Å². The Morgan fingerprint density at radius 2 is 2.00 bits per heavy atom. The second-order valence-corrected chi connectivity index (χ2v) is 4.84. The van der Waals surface area contributed by atoms with Gasteiger partial charge in [-0.2, -0.15) is 0 Å². The van der Waals surface area contributed by atoms with Gasteiger partial charge in [-0.3, -0.25) is 0 Å². The van der Waals surface area contributed by atoms with Crippen LogP contribution in [0.25, 0.3) is 11.3 Å². The summed E-state index contributed by atoms with van der Waals surface area (Å²) in [7, 11) is 0. The van der Waals surface area contributed by atoms with Crippen molar-refractivity contribution in [2.24, 2.45) is 0 Å². The van der Waals surface area contributed by atoms with E-state index >= 15 is 0 Å². The normalized spacial score (nSPS) is 13.3. The fourth-order valence-corrected chi connectivity index (χ4v) is 2.41. The summed E-state index contributed by atoms with van der Waals surface area (Å²) < 4.78 is 5.71. The maximum Gasteiger partial charge on any atom is 0.154 e. The van der Waals surface area contributed by atoms with Crippen LogP contribution in [0.5, 0.6) is 5.75 Å². The van der Waals surface area contributed by atoms with Gasteiger partial charge in [-0.05, 0) is 36.6 Å². The lowest BCUT2D eigenvalue weighted by Gasteiger charge is -2.11. The Morgan fingerprint density at radius 1 is 1.17 bits per heavy atom. The maximum absolute atomic E-state index is 5.99. The van der Waals surface area contributed by atoms with Crippen molar-refractivity contribution in [2.45, 2.75) is 20.3 Å². The molecular formula is C14H13ClN2O. The molecule has 0 unspecified atom stereocenters. The van der Waals surface area contributed by atoms with Crippen molar-refractivity contribution < 1.29 is 4.74 Å². The van der Waals surface area contributed by atoms with Gasteiger partial charge in [-0.15, -0.1) is 10.2 Å². The number of hydrogen-bond donors (Lipinski definition) is 0. The molecule has 0 amide bonds. The van der Waals surface area contributed by atoms with E-state index in [0.717, 1.165) is 41.2 Å². The van der Waals surface area contributed by atoms with E-state index in [0.29, 0.717) is 5.15 Å².